The highest BCUT2D eigenvalue weighted by Crippen LogP contribution is 2.29. The molecule has 24 heavy (non-hydrogen) atoms. The Morgan fingerprint density at radius 1 is 1.29 bits per heavy atom. The maximum atomic E-state index is 11.2. The highest BCUT2D eigenvalue weighted by molar-refractivity contribution is 7.12. The molecule has 0 bridgehead atoms. The molecule has 2 aromatic rings. The van der Waals surface area contributed by atoms with Gasteiger partial charge in [-0.05, 0) is 47.7 Å². The minimum absolute atomic E-state index is 0. The monoisotopic (exact) mass is 386 g/mol. The number of nitrogens with two attached hydrogens (primary N) is 2. The van der Waals surface area contributed by atoms with Gasteiger partial charge in [-0.3, -0.25) is 4.79 Å². The lowest BCUT2D eigenvalue weighted by Gasteiger charge is -2.26. The molecule has 1 atom stereocenters. The SMILES string of the molecule is Cl.Cl.NC(=O)CC1NCCc2ccc(N=C(N)c3cccs3)cc21. The fourth-order valence-electron chi connectivity index (χ4n) is 2.70. The molecule has 1 amide bonds. The normalized spacial score (nSPS) is 16.5. The third-order valence-corrected chi connectivity index (χ3v) is 4.61. The van der Waals surface area contributed by atoms with E-state index >= 15 is 0 Å². The number of nitrogens with zero attached hydrogens (tertiary/aromatic N) is 1. The summed E-state index contributed by atoms with van der Waals surface area (Å²) in [6.45, 7) is 0.852. The number of primary amides is 1. The summed E-state index contributed by atoms with van der Waals surface area (Å²) in [6.07, 6.45) is 1.23. The molecular formula is C16H20Cl2N4OS. The number of fused-ring (bicyclic) bond motifs is 1. The average molecular weight is 387 g/mol. The first-order valence-corrected chi connectivity index (χ1v) is 8.04. The predicted octanol–water partition coefficient (Wildman–Crippen LogP) is 2.69. The molecular weight excluding hydrogens is 367 g/mol. The number of carbonyl (C=O) groups is 1. The topological polar surface area (TPSA) is 93.5 Å². The number of amides is 1. The smallest absolute Gasteiger partial charge is 0.219 e. The van der Waals surface area contributed by atoms with Crippen molar-refractivity contribution >= 4 is 53.6 Å². The largest absolute Gasteiger partial charge is 0.383 e. The summed E-state index contributed by atoms with van der Waals surface area (Å²) in [5.41, 5.74) is 14.5. The van der Waals surface area contributed by atoms with Crippen LogP contribution in [0.2, 0.25) is 0 Å². The Kier molecular flexibility index (Phi) is 7.69. The van der Waals surface area contributed by atoms with Crippen molar-refractivity contribution < 1.29 is 4.79 Å². The lowest BCUT2D eigenvalue weighted by atomic mass is 9.92. The maximum Gasteiger partial charge on any atom is 0.219 e. The number of amidine groups is 1. The highest BCUT2D eigenvalue weighted by Gasteiger charge is 2.21. The number of rotatable bonds is 4. The van der Waals surface area contributed by atoms with Gasteiger partial charge in [-0.2, -0.15) is 0 Å². The van der Waals surface area contributed by atoms with Gasteiger partial charge in [-0.1, -0.05) is 12.1 Å². The number of carbonyl (C=O) groups excluding carboxylic acids is 1. The van der Waals surface area contributed by atoms with Crippen LogP contribution < -0.4 is 16.8 Å². The molecule has 5 nitrogen and oxygen atoms in total. The van der Waals surface area contributed by atoms with Crippen molar-refractivity contribution in [1.82, 2.24) is 5.32 Å². The van der Waals surface area contributed by atoms with E-state index in [0.717, 1.165) is 29.1 Å². The number of nitrogens with one attached hydrogen (secondary N) is 1. The van der Waals surface area contributed by atoms with E-state index in [-0.39, 0.29) is 36.8 Å². The second-order valence-corrected chi connectivity index (χ2v) is 6.23. The first-order chi connectivity index (χ1) is 10.6. The van der Waals surface area contributed by atoms with E-state index in [1.165, 1.54) is 5.56 Å². The number of thiophene rings is 1. The molecule has 8 heteroatoms. The van der Waals surface area contributed by atoms with Gasteiger partial charge in [0.25, 0.3) is 0 Å². The van der Waals surface area contributed by atoms with E-state index < -0.39 is 0 Å². The highest BCUT2D eigenvalue weighted by atomic mass is 35.5. The zero-order chi connectivity index (χ0) is 15.5. The van der Waals surface area contributed by atoms with Crippen LogP contribution in [0.3, 0.4) is 0 Å². The van der Waals surface area contributed by atoms with Gasteiger partial charge in [0, 0.05) is 12.5 Å². The summed E-state index contributed by atoms with van der Waals surface area (Å²) < 4.78 is 0. The summed E-state index contributed by atoms with van der Waals surface area (Å²) in [6, 6.07) is 9.87. The minimum Gasteiger partial charge on any atom is -0.383 e. The fourth-order valence-corrected chi connectivity index (χ4v) is 3.32. The van der Waals surface area contributed by atoms with Crippen LogP contribution in [0.25, 0.3) is 0 Å². The van der Waals surface area contributed by atoms with Crippen LogP contribution in [0, 0.1) is 0 Å². The van der Waals surface area contributed by atoms with Crippen molar-refractivity contribution in [3.63, 3.8) is 0 Å². The summed E-state index contributed by atoms with van der Waals surface area (Å²) in [4.78, 5) is 16.7. The minimum atomic E-state index is -0.308. The molecule has 0 fully saturated rings. The van der Waals surface area contributed by atoms with E-state index in [2.05, 4.69) is 16.4 Å². The van der Waals surface area contributed by atoms with Gasteiger partial charge in [0.05, 0.1) is 10.6 Å². The van der Waals surface area contributed by atoms with Crippen molar-refractivity contribution in [2.45, 2.75) is 18.9 Å². The lowest BCUT2D eigenvalue weighted by Crippen LogP contribution is -2.32. The Morgan fingerprint density at radius 3 is 2.75 bits per heavy atom. The summed E-state index contributed by atoms with van der Waals surface area (Å²) in [5.74, 6) is 0.197. The second-order valence-electron chi connectivity index (χ2n) is 5.28. The lowest BCUT2D eigenvalue weighted by molar-refractivity contribution is -0.118. The van der Waals surface area contributed by atoms with Crippen LogP contribution in [0.1, 0.15) is 28.5 Å². The molecule has 1 aliphatic heterocycles. The molecule has 1 aromatic heterocycles. The van der Waals surface area contributed by atoms with Crippen LogP contribution in [0.4, 0.5) is 5.69 Å². The number of aliphatic imine (C=N–C) groups is 1. The molecule has 0 saturated carbocycles. The van der Waals surface area contributed by atoms with Crippen LogP contribution in [0.5, 0.6) is 0 Å². The molecule has 1 aliphatic rings. The van der Waals surface area contributed by atoms with Gasteiger partial charge in [0.2, 0.25) is 5.91 Å². The molecule has 0 saturated heterocycles. The first-order valence-electron chi connectivity index (χ1n) is 7.16. The molecule has 3 rings (SSSR count). The van der Waals surface area contributed by atoms with Crippen LogP contribution in [0.15, 0.2) is 40.7 Å². The van der Waals surface area contributed by atoms with E-state index in [4.69, 9.17) is 11.5 Å². The molecule has 130 valence electrons. The average Bonchev–Trinajstić information content (AvgIpc) is 3.01. The van der Waals surface area contributed by atoms with Crippen molar-refractivity contribution in [3.8, 4) is 0 Å². The predicted molar refractivity (Wildman–Crippen MR) is 104 cm³/mol. The number of hydrogen-bond acceptors (Lipinski definition) is 4. The van der Waals surface area contributed by atoms with Gasteiger partial charge in [-0.25, -0.2) is 4.99 Å². The van der Waals surface area contributed by atoms with E-state index in [1.807, 2.05) is 29.6 Å². The van der Waals surface area contributed by atoms with Crippen molar-refractivity contribution in [2.24, 2.45) is 16.5 Å². The third kappa shape index (κ3) is 4.70. The molecule has 0 spiro atoms. The van der Waals surface area contributed by atoms with Gasteiger partial charge in [-0.15, -0.1) is 36.2 Å². The van der Waals surface area contributed by atoms with Gasteiger partial charge in [0.15, 0.2) is 0 Å². The summed E-state index contributed by atoms with van der Waals surface area (Å²) in [7, 11) is 0. The number of hydrogen-bond donors (Lipinski definition) is 3. The van der Waals surface area contributed by atoms with E-state index in [0.29, 0.717) is 12.3 Å². The maximum absolute atomic E-state index is 11.2. The fraction of sp³-hybridized carbons (Fsp3) is 0.250. The molecule has 0 radical (unpaired) electrons. The Bertz CT molecular complexity index is 719. The third-order valence-electron chi connectivity index (χ3n) is 3.72. The quantitative estimate of drug-likeness (QED) is 0.556. The van der Waals surface area contributed by atoms with Crippen molar-refractivity contribution in [2.75, 3.05) is 6.54 Å². The zero-order valence-corrected chi connectivity index (χ0v) is 15.3. The number of benzene rings is 1. The standard InChI is InChI=1S/C16H18N4OS.2ClH/c17-15(21)9-13-12-8-11(4-3-10(12)5-6-19-13)20-16(18)14-2-1-7-22-14;;/h1-4,7-8,13,19H,5-6,9H2,(H2,17,21)(H2,18,20);2*1H. The van der Waals surface area contributed by atoms with Crippen LogP contribution in [-0.2, 0) is 11.2 Å². The Labute approximate surface area is 157 Å². The molecule has 2 heterocycles. The molecule has 1 unspecified atom stereocenters. The summed E-state index contributed by atoms with van der Waals surface area (Å²) >= 11 is 1.56. The van der Waals surface area contributed by atoms with Gasteiger partial charge < -0.3 is 16.8 Å². The van der Waals surface area contributed by atoms with Gasteiger partial charge in [0.1, 0.15) is 5.84 Å². The van der Waals surface area contributed by atoms with E-state index in [9.17, 15) is 4.79 Å². The molecule has 0 aliphatic carbocycles. The number of halogens is 2. The Morgan fingerprint density at radius 2 is 2.08 bits per heavy atom. The van der Waals surface area contributed by atoms with Crippen molar-refractivity contribution in [3.05, 3.63) is 51.7 Å². The second kappa shape index (κ2) is 9.03. The Balaban J connectivity index is 0.00000144. The van der Waals surface area contributed by atoms with Crippen LogP contribution in [-0.4, -0.2) is 18.3 Å². The van der Waals surface area contributed by atoms with E-state index in [1.54, 1.807) is 11.3 Å². The van der Waals surface area contributed by atoms with Crippen molar-refractivity contribution in [1.29, 1.82) is 0 Å². The zero-order valence-electron chi connectivity index (χ0n) is 12.9. The summed E-state index contributed by atoms with van der Waals surface area (Å²) in [5, 5.41) is 5.31. The van der Waals surface area contributed by atoms with Crippen LogP contribution >= 0.6 is 36.2 Å². The molecule has 5 N–H and O–H groups in total. The first kappa shape index (κ1) is 20.4. The molecule has 1 aromatic carbocycles. The Hall–Kier alpha value is -1.60. The van der Waals surface area contributed by atoms with Gasteiger partial charge >= 0.3 is 0 Å².